The zero-order valence-corrected chi connectivity index (χ0v) is 18.7. The number of hydrogen-bond acceptors (Lipinski definition) is 4. The molecule has 0 spiro atoms. The van der Waals surface area contributed by atoms with Gasteiger partial charge in [-0.2, -0.15) is 0 Å². The number of nitro groups is 1. The molecule has 1 amide bonds. The Kier molecular flexibility index (Phi) is 8.16. The van der Waals surface area contributed by atoms with Gasteiger partial charge in [-0.15, -0.1) is 0 Å². The molecule has 0 aliphatic rings. The number of amides is 1. The second kappa shape index (κ2) is 9.97. The molecule has 0 radical (unpaired) electrons. The second-order valence-corrected chi connectivity index (χ2v) is 9.07. The van der Waals surface area contributed by atoms with Crippen molar-refractivity contribution in [2.75, 3.05) is 5.32 Å². The van der Waals surface area contributed by atoms with Crippen molar-refractivity contribution in [1.82, 2.24) is 10.6 Å². The Morgan fingerprint density at radius 1 is 1.10 bits per heavy atom. The second-order valence-electron chi connectivity index (χ2n) is 5.44. The molecule has 3 N–H and O–H groups in total. The number of benzene rings is 2. The van der Waals surface area contributed by atoms with Crippen LogP contribution in [0.3, 0.4) is 0 Å². The number of carbonyl (C=O) groups is 1. The summed E-state index contributed by atoms with van der Waals surface area (Å²) in [4.78, 5) is 23.0. The predicted molar refractivity (Wildman–Crippen MR) is 120 cm³/mol. The maximum Gasteiger partial charge on any atom is 0.292 e. The van der Waals surface area contributed by atoms with Gasteiger partial charge in [0.2, 0.25) is 3.79 Å². The van der Waals surface area contributed by atoms with Crippen molar-refractivity contribution >= 4 is 92.6 Å². The summed E-state index contributed by atoms with van der Waals surface area (Å²) in [5, 5.41) is 19.1. The third kappa shape index (κ3) is 6.74. The molecule has 0 heterocycles. The smallest absolute Gasteiger partial charge is 0.292 e. The summed E-state index contributed by atoms with van der Waals surface area (Å²) < 4.78 is -2.02. The fourth-order valence-electron chi connectivity index (χ4n) is 2.11. The molecule has 0 saturated carbocycles. The molecule has 0 bridgehead atoms. The number of thiocarbonyl (C=S) groups is 1. The molecular formula is C16H11Cl5N4O3S. The van der Waals surface area contributed by atoms with Gasteiger partial charge in [0.05, 0.1) is 15.5 Å². The maximum absolute atomic E-state index is 12.5. The van der Waals surface area contributed by atoms with Crippen LogP contribution in [0.1, 0.15) is 10.4 Å². The average Bonchev–Trinajstić information content (AvgIpc) is 2.60. The monoisotopic (exact) mass is 514 g/mol. The van der Waals surface area contributed by atoms with E-state index < -0.39 is 20.8 Å². The quantitative estimate of drug-likeness (QED) is 0.164. The number of alkyl halides is 3. The lowest BCUT2D eigenvalue weighted by atomic mass is 10.2. The van der Waals surface area contributed by atoms with Gasteiger partial charge in [-0.05, 0) is 36.5 Å². The number of nitro benzene ring substituents is 1. The standard InChI is InChI=1S/C16H11Cl5N4O3S/c17-8-5-6-9(10(18)7-8)13(26)23-14(16(19,20)21)24-15(29)22-11-3-1-2-4-12(11)25(27)28/h1-7,14H,(H,23,26)(H2,22,24,29). The van der Waals surface area contributed by atoms with E-state index in [9.17, 15) is 14.9 Å². The van der Waals surface area contributed by atoms with Crippen molar-refractivity contribution in [2.24, 2.45) is 0 Å². The first-order valence-electron chi connectivity index (χ1n) is 7.62. The number of rotatable bonds is 5. The van der Waals surface area contributed by atoms with Gasteiger partial charge in [-0.1, -0.05) is 70.1 Å². The first kappa shape index (κ1) is 23.7. The van der Waals surface area contributed by atoms with Crippen molar-refractivity contribution < 1.29 is 9.72 Å². The molecule has 2 rings (SSSR count). The summed E-state index contributed by atoms with van der Waals surface area (Å²) in [5.74, 6) is -0.663. The van der Waals surface area contributed by atoms with Gasteiger partial charge in [0.1, 0.15) is 11.9 Å². The van der Waals surface area contributed by atoms with E-state index in [0.29, 0.717) is 5.02 Å². The normalized spacial score (nSPS) is 12.0. The van der Waals surface area contributed by atoms with Gasteiger partial charge in [0.25, 0.3) is 11.6 Å². The van der Waals surface area contributed by atoms with Crippen molar-refractivity contribution in [3.05, 3.63) is 68.2 Å². The fourth-order valence-corrected chi connectivity index (χ4v) is 3.16. The van der Waals surface area contributed by atoms with Crippen LogP contribution in [-0.4, -0.2) is 25.9 Å². The third-order valence-electron chi connectivity index (χ3n) is 3.40. The molecule has 0 aliphatic heterocycles. The molecule has 0 aliphatic carbocycles. The van der Waals surface area contributed by atoms with Gasteiger partial charge in [0, 0.05) is 11.1 Å². The zero-order valence-electron chi connectivity index (χ0n) is 14.1. The number of hydrogen-bond donors (Lipinski definition) is 3. The molecule has 0 aromatic heterocycles. The Hall–Kier alpha value is -1.55. The van der Waals surface area contributed by atoms with E-state index in [4.69, 9.17) is 70.2 Å². The lowest BCUT2D eigenvalue weighted by molar-refractivity contribution is -0.383. The highest BCUT2D eigenvalue weighted by atomic mass is 35.6. The van der Waals surface area contributed by atoms with Gasteiger partial charge in [0.15, 0.2) is 5.11 Å². The summed E-state index contributed by atoms with van der Waals surface area (Å²) in [6, 6.07) is 10.1. The van der Waals surface area contributed by atoms with Crippen molar-refractivity contribution in [3.63, 3.8) is 0 Å². The summed E-state index contributed by atoms with van der Waals surface area (Å²) in [6.45, 7) is 0. The summed E-state index contributed by atoms with van der Waals surface area (Å²) in [6.07, 6.45) is -1.30. The molecule has 154 valence electrons. The molecular weight excluding hydrogens is 506 g/mol. The topological polar surface area (TPSA) is 96.3 Å². The van der Waals surface area contributed by atoms with Gasteiger partial charge < -0.3 is 16.0 Å². The first-order chi connectivity index (χ1) is 13.5. The van der Waals surface area contributed by atoms with Crippen molar-refractivity contribution in [3.8, 4) is 0 Å². The van der Waals surface area contributed by atoms with E-state index in [0.717, 1.165) is 0 Å². The number of nitrogens with zero attached hydrogens (tertiary/aromatic N) is 1. The summed E-state index contributed by atoms with van der Waals surface area (Å²) in [5.41, 5.74) is -0.00102. The Bertz CT molecular complexity index is 954. The molecule has 0 fully saturated rings. The van der Waals surface area contributed by atoms with Crippen molar-refractivity contribution in [1.29, 1.82) is 0 Å². The van der Waals surface area contributed by atoms with Gasteiger partial charge in [-0.3, -0.25) is 14.9 Å². The van der Waals surface area contributed by atoms with Crippen molar-refractivity contribution in [2.45, 2.75) is 9.96 Å². The maximum atomic E-state index is 12.5. The van der Waals surface area contributed by atoms with Crippen LogP contribution in [0.25, 0.3) is 0 Å². The molecule has 7 nitrogen and oxygen atoms in total. The highest BCUT2D eigenvalue weighted by Crippen LogP contribution is 2.30. The lowest BCUT2D eigenvalue weighted by Crippen LogP contribution is -2.56. The molecule has 13 heteroatoms. The van der Waals surface area contributed by atoms with Crippen LogP contribution in [0.2, 0.25) is 10.0 Å². The first-order valence-corrected chi connectivity index (χ1v) is 9.92. The van der Waals surface area contributed by atoms with Crippen LogP contribution >= 0.6 is 70.2 Å². The Morgan fingerprint density at radius 2 is 1.76 bits per heavy atom. The van der Waals surface area contributed by atoms with Crippen LogP contribution in [0.5, 0.6) is 0 Å². The minimum Gasteiger partial charge on any atom is -0.339 e. The Labute approximate surface area is 195 Å². The fraction of sp³-hybridized carbons (Fsp3) is 0.125. The minimum absolute atomic E-state index is 0.0923. The summed E-state index contributed by atoms with van der Waals surface area (Å²) in [7, 11) is 0. The zero-order chi connectivity index (χ0) is 21.8. The summed E-state index contributed by atoms with van der Waals surface area (Å²) >= 11 is 34.7. The number of anilines is 1. The Morgan fingerprint density at radius 3 is 2.34 bits per heavy atom. The SMILES string of the molecule is O=C(NC(NC(=S)Nc1ccccc1[N+](=O)[O-])C(Cl)(Cl)Cl)c1ccc(Cl)cc1Cl. The molecule has 0 saturated heterocycles. The molecule has 1 unspecified atom stereocenters. The number of nitrogens with one attached hydrogen (secondary N) is 3. The predicted octanol–water partition coefficient (Wildman–Crippen LogP) is 5.31. The van der Waals surface area contributed by atoms with E-state index in [2.05, 4.69) is 16.0 Å². The largest absolute Gasteiger partial charge is 0.339 e. The Balaban J connectivity index is 2.16. The number of para-hydroxylation sites is 2. The molecule has 2 aromatic rings. The number of halogens is 5. The molecule has 2 aromatic carbocycles. The van der Waals surface area contributed by atoms with E-state index in [-0.39, 0.29) is 27.1 Å². The van der Waals surface area contributed by atoms with Gasteiger partial charge in [-0.25, -0.2) is 0 Å². The van der Waals surface area contributed by atoms with Crippen LogP contribution < -0.4 is 16.0 Å². The minimum atomic E-state index is -2.02. The number of carbonyl (C=O) groups excluding carboxylic acids is 1. The highest BCUT2D eigenvalue weighted by molar-refractivity contribution is 7.80. The van der Waals surface area contributed by atoms with Crippen LogP contribution in [0.15, 0.2) is 42.5 Å². The average molecular weight is 517 g/mol. The van der Waals surface area contributed by atoms with E-state index in [1.807, 2.05) is 0 Å². The highest BCUT2D eigenvalue weighted by Gasteiger charge is 2.35. The van der Waals surface area contributed by atoms with Crippen LogP contribution in [-0.2, 0) is 0 Å². The third-order valence-corrected chi connectivity index (χ3v) is 4.83. The molecule has 1 atom stereocenters. The molecule has 29 heavy (non-hydrogen) atoms. The van der Waals surface area contributed by atoms with E-state index in [1.54, 1.807) is 6.07 Å². The van der Waals surface area contributed by atoms with Gasteiger partial charge >= 0.3 is 0 Å². The van der Waals surface area contributed by atoms with Crippen LogP contribution in [0, 0.1) is 10.1 Å². The van der Waals surface area contributed by atoms with Crippen LogP contribution in [0.4, 0.5) is 11.4 Å². The van der Waals surface area contributed by atoms with E-state index in [1.165, 1.54) is 36.4 Å². The van der Waals surface area contributed by atoms with E-state index >= 15 is 0 Å². The lowest BCUT2D eigenvalue weighted by Gasteiger charge is -2.28.